The average Bonchev–Trinajstić information content (AvgIpc) is 3.04. The summed E-state index contributed by atoms with van der Waals surface area (Å²) in [4.78, 5) is 36.5. The van der Waals surface area contributed by atoms with Crippen molar-refractivity contribution in [1.82, 2.24) is 9.88 Å². The molecule has 0 spiro atoms. The van der Waals surface area contributed by atoms with Crippen LogP contribution in [-0.4, -0.2) is 60.1 Å². The zero-order valence-corrected chi connectivity index (χ0v) is 23.2. The summed E-state index contributed by atoms with van der Waals surface area (Å²) in [5, 5.41) is -0.448. The number of hydrogen-bond acceptors (Lipinski definition) is 7. The summed E-state index contributed by atoms with van der Waals surface area (Å²) in [5.41, 5.74) is 2.02. The van der Waals surface area contributed by atoms with Crippen LogP contribution in [0.4, 0.5) is 5.69 Å². The number of carbonyl (C=O) groups is 2. The highest BCUT2D eigenvalue weighted by Crippen LogP contribution is 2.47. The molecular formula is C30H35N3O4S. The Bertz CT molecular complexity index is 1220. The van der Waals surface area contributed by atoms with Crippen LogP contribution in [-0.2, 0) is 9.53 Å². The van der Waals surface area contributed by atoms with Crippen LogP contribution >= 0.6 is 11.8 Å². The van der Waals surface area contributed by atoms with E-state index in [1.54, 1.807) is 23.2 Å². The quantitative estimate of drug-likeness (QED) is 0.313. The number of esters is 1. The predicted molar refractivity (Wildman–Crippen MR) is 151 cm³/mol. The fourth-order valence-electron chi connectivity index (χ4n) is 4.42. The van der Waals surface area contributed by atoms with Crippen molar-refractivity contribution in [2.75, 3.05) is 31.1 Å². The molecule has 0 radical (unpaired) electrons. The molecule has 4 rings (SSSR count). The highest BCUT2D eigenvalue weighted by molar-refractivity contribution is 7.99. The minimum Gasteiger partial charge on any atom is -0.491 e. The van der Waals surface area contributed by atoms with E-state index in [1.165, 1.54) is 18.0 Å². The Labute approximate surface area is 229 Å². The van der Waals surface area contributed by atoms with Crippen molar-refractivity contribution in [3.63, 3.8) is 0 Å². The van der Waals surface area contributed by atoms with E-state index in [0.29, 0.717) is 18.7 Å². The summed E-state index contributed by atoms with van der Waals surface area (Å²) in [6, 6.07) is 18.9. The molecule has 1 amide bonds. The molecule has 0 saturated carbocycles. The predicted octanol–water partition coefficient (Wildman–Crippen LogP) is 5.62. The van der Waals surface area contributed by atoms with Gasteiger partial charge in [-0.1, -0.05) is 38.1 Å². The molecule has 2 unspecified atom stereocenters. The van der Waals surface area contributed by atoms with Gasteiger partial charge in [0.25, 0.3) is 5.91 Å². The number of anilines is 1. The van der Waals surface area contributed by atoms with E-state index >= 15 is 0 Å². The highest BCUT2D eigenvalue weighted by Gasteiger charge is 2.41. The Balaban J connectivity index is 1.73. The van der Waals surface area contributed by atoms with Gasteiger partial charge in [0.1, 0.15) is 5.75 Å². The van der Waals surface area contributed by atoms with Crippen LogP contribution in [0.2, 0.25) is 0 Å². The molecule has 1 aromatic heterocycles. The van der Waals surface area contributed by atoms with Crippen LogP contribution in [0.1, 0.15) is 48.9 Å². The van der Waals surface area contributed by atoms with Gasteiger partial charge < -0.3 is 19.3 Å². The van der Waals surface area contributed by atoms with Crippen LogP contribution in [0.25, 0.3) is 0 Å². The SMILES string of the molecule is CCN(CC)CCN1C(=O)C(OC(=O)c2cccnc2)C(c2ccc(OC(C)C)cc2)Sc2ccccc21. The lowest BCUT2D eigenvalue weighted by Gasteiger charge is -2.29. The number of rotatable bonds is 10. The zero-order valence-electron chi connectivity index (χ0n) is 22.4. The molecule has 2 heterocycles. The molecule has 38 heavy (non-hydrogen) atoms. The Kier molecular flexibility index (Phi) is 9.42. The zero-order chi connectivity index (χ0) is 27.1. The number of pyridine rings is 1. The number of amides is 1. The van der Waals surface area contributed by atoms with Crippen molar-refractivity contribution in [2.45, 2.75) is 50.0 Å². The van der Waals surface area contributed by atoms with Crippen LogP contribution in [0.15, 0.2) is 78.0 Å². The topological polar surface area (TPSA) is 72.0 Å². The lowest BCUT2D eigenvalue weighted by Crippen LogP contribution is -2.46. The van der Waals surface area contributed by atoms with Gasteiger partial charge in [0.05, 0.1) is 22.6 Å². The third kappa shape index (κ3) is 6.55. The summed E-state index contributed by atoms with van der Waals surface area (Å²) in [5.74, 6) is -0.0605. The maximum absolute atomic E-state index is 14.2. The summed E-state index contributed by atoms with van der Waals surface area (Å²) < 4.78 is 11.8. The normalized spacial score (nSPS) is 17.3. The Hall–Kier alpha value is -3.36. The summed E-state index contributed by atoms with van der Waals surface area (Å²) in [6.45, 7) is 11.2. The number of ether oxygens (including phenoxy) is 2. The molecule has 200 valence electrons. The van der Waals surface area contributed by atoms with Gasteiger partial charge in [-0.05, 0) is 68.9 Å². The molecule has 1 aliphatic rings. The maximum Gasteiger partial charge on any atom is 0.340 e. The molecule has 7 nitrogen and oxygen atoms in total. The molecule has 2 aromatic carbocycles. The van der Waals surface area contributed by atoms with E-state index in [1.807, 2.05) is 62.4 Å². The Morgan fingerprint density at radius 3 is 2.45 bits per heavy atom. The number of carbonyl (C=O) groups excluding carboxylic acids is 2. The van der Waals surface area contributed by atoms with Crippen molar-refractivity contribution >= 4 is 29.3 Å². The highest BCUT2D eigenvalue weighted by atomic mass is 32.2. The number of fused-ring (bicyclic) bond motifs is 1. The molecule has 0 N–H and O–H groups in total. The smallest absolute Gasteiger partial charge is 0.340 e. The standard InChI is InChI=1S/C30H35N3O4S/c1-5-32(6-2)18-19-33-25-11-7-8-12-26(25)38-28(22-13-15-24(16-14-22)36-21(3)4)27(29(33)34)37-30(35)23-10-9-17-31-20-23/h7-17,20-21,27-28H,5-6,18-19H2,1-4H3. The second-order valence-corrected chi connectivity index (χ2v) is 10.5. The lowest BCUT2D eigenvalue weighted by molar-refractivity contribution is -0.127. The van der Waals surface area contributed by atoms with Crippen molar-refractivity contribution in [3.05, 3.63) is 84.2 Å². The van der Waals surface area contributed by atoms with E-state index in [-0.39, 0.29) is 12.0 Å². The van der Waals surface area contributed by atoms with Gasteiger partial charge in [0.2, 0.25) is 0 Å². The van der Waals surface area contributed by atoms with Crippen LogP contribution in [0.5, 0.6) is 5.75 Å². The summed E-state index contributed by atoms with van der Waals surface area (Å²) >= 11 is 1.54. The van der Waals surface area contributed by atoms with Gasteiger partial charge in [-0.15, -0.1) is 11.8 Å². The van der Waals surface area contributed by atoms with Crippen molar-refractivity contribution in [1.29, 1.82) is 0 Å². The van der Waals surface area contributed by atoms with E-state index in [0.717, 1.165) is 35.0 Å². The monoisotopic (exact) mass is 533 g/mol. The largest absolute Gasteiger partial charge is 0.491 e. The van der Waals surface area contributed by atoms with Crippen LogP contribution in [0, 0.1) is 0 Å². The van der Waals surface area contributed by atoms with Crippen LogP contribution in [0.3, 0.4) is 0 Å². The molecule has 1 aliphatic heterocycles. The number of thioether (sulfide) groups is 1. The molecular weight excluding hydrogens is 498 g/mol. The number of likely N-dealkylation sites (N-methyl/N-ethyl adjacent to an activating group) is 1. The van der Waals surface area contributed by atoms with Gasteiger partial charge in [0.15, 0.2) is 6.10 Å². The molecule has 3 aromatic rings. The Morgan fingerprint density at radius 1 is 1.05 bits per heavy atom. The first kappa shape index (κ1) is 27.7. The van der Waals surface area contributed by atoms with Crippen molar-refractivity contribution in [2.24, 2.45) is 0 Å². The number of aromatic nitrogens is 1. The van der Waals surface area contributed by atoms with Gasteiger partial charge in [0, 0.05) is 30.4 Å². The lowest BCUT2D eigenvalue weighted by atomic mass is 10.1. The molecule has 8 heteroatoms. The first-order chi connectivity index (χ1) is 18.4. The molecule has 0 saturated heterocycles. The summed E-state index contributed by atoms with van der Waals surface area (Å²) in [7, 11) is 0. The fraction of sp³-hybridized carbons (Fsp3) is 0.367. The van der Waals surface area contributed by atoms with Crippen LogP contribution < -0.4 is 9.64 Å². The number of benzene rings is 2. The maximum atomic E-state index is 14.2. The van der Waals surface area contributed by atoms with Crippen molar-refractivity contribution in [3.8, 4) is 5.75 Å². The first-order valence-corrected chi connectivity index (χ1v) is 14.0. The van der Waals surface area contributed by atoms with Gasteiger partial charge in [-0.2, -0.15) is 0 Å². The molecule has 0 aliphatic carbocycles. The van der Waals surface area contributed by atoms with E-state index in [2.05, 4.69) is 23.7 Å². The van der Waals surface area contributed by atoms with E-state index in [4.69, 9.17) is 9.47 Å². The number of para-hydroxylation sites is 1. The summed E-state index contributed by atoms with van der Waals surface area (Å²) in [6.07, 6.45) is 2.07. The molecule has 0 bridgehead atoms. The number of nitrogens with zero attached hydrogens (tertiary/aromatic N) is 3. The second kappa shape index (κ2) is 12.9. The first-order valence-electron chi connectivity index (χ1n) is 13.1. The Morgan fingerprint density at radius 2 is 1.79 bits per heavy atom. The van der Waals surface area contributed by atoms with Gasteiger partial charge in [-0.25, -0.2) is 4.79 Å². The minimum atomic E-state index is -1.03. The molecule has 2 atom stereocenters. The third-order valence-electron chi connectivity index (χ3n) is 6.44. The third-order valence-corrected chi connectivity index (χ3v) is 7.81. The fourth-order valence-corrected chi connectivity index (χ4v) is 5.74. The van der Waals surface area contributed by atoms with E-state index < -0.39 is 17.3 Å². The van der Waals surface area contributed by atoms with Gasteiger partial charge >= 0.3 is 5.97 Å². The van der Waals surface area contributed by atoms with E-state index in [9.17, 15) is 9.59 Å². The minimum absolute atomic E-state index is 0.0501. The van der Waals surface area contributed by atoms with Crippen molar-refractivity contribution < 1.29 is 19.1 Å². The van der Waals surface area contributed by atoms with Gasteiger partial charge in [-0.3, -0.25) is 9.78 Å². The average molecular weight is 534 g/mol. The molecule has 0 fully saturated rings. The second-order valence-electron chi connectivity index (χ2n) is 9.33. The number of hydrogen-bond donors (Lipinski definition) is 0.